The number of aliphatic hydroxyl groups is 1. The van der Waals surface area contributed by atoms with Gasteiger partial charge >= 0.3 is 0 Å². The minimum atomic E-state index is 0.0687. The molecule has 1 heterocycles. The predicted molar refractivity (Wildman–Crippen MR) is 80.2 cm³/mol. The van der Waals surface area contributed by atoms with Gasteiger partial charge in [0.05, 0.1) is 0 Å². The van der Waals surface area contributed by atoms with Crippen LogP contribution in [0.5, 0.6) is 0 Å². The maximum absolute atomic E-state index is 12.6. The van der Waals surface area contributed by atoms with E-state index in [1.54, 1.807) is 0 Å². The van der Waals surface area contributed by atoms with E-state index in [4.69, 9.17) is 10.8 Å². The third-order valence-electron chi connectivity index (χ3n) is 5.28. The number of hydrogen-bond acceptors (Lipinski definition) is 3. The molecule has 2 aliphatic rings. The zero-order chi connectivity index (χ0) is 14.4. The van der Waals surface area contributed by atoms with E-state index in [1.165, 1.54) is 19.3 Å². The van der Waals surface area contributed by atoms with Crippen LogP contribution in [0.2, 0.25) is 0 Å². The Hall–Kier alpha value is -0.610. The molecular formula is C16H30N2O2. The Labute approximate surface area is 122 Å². The molecule has 1 amide bonds. The number of nitrogens with zero attached hydrogens (tertiary/aromatic N) is 1. The molecule has 1 unspecified atom stereocenters. The quantitative estimate of drug-likeness (QED) is 0.809. The van der Waals surface area contributed by atoms with Gasteiger partial charge in [0.2, 0.25) is 5.91 Å². The molecule has 1 saturated carbocycles. The summed E-state index contributed by atoms with van der Waals surface area (Å²) in [5, 5.41) is 9.06. The van der Waals surface area contributed by atoms with E-state index in [-0.39, 0.29) is 12.0 Å². The molecule has 1 aliphatic carbocycles. The number of likely N-dealkylation sites (tertiary alicyclic amines) is 1. The second-order valence-electron chi connectivity index (χ2n) is 6.80. The van der Waals surface area contributed by atoms with Gasteiger partial charge in [0.15, 0.2) is 0 Å². The largest absolute Gasteiger partial charge is 0.396 e. The summed E-state index contributed by atoms with van der Waals surface area (Å²) in [5.74, 6) is 0.776. The summed E-state index contributed by atoms with van der Waals surface area (Å²) in [7, 11) is 0. The predicted octanol–water partition coefficient (Wildman–Crippen LogP) is 1.91. The Morgan fingerprint density at radius 3 is 2.65 bits per heavy atom. The van der Waals surface area contributed by atoms with Crippen molar-refractivity contribution in [1.82, 2.24) is 4.90 Å². The zero-order valence-corrected chi connectivity index (χ0v) is 12.6. The van der Waals surface area contributed by atoms with Gasteiger partial charge in [-0.15, -0.1) is 0 Å². The summed E-state index contributed by atoms with van der Waals surface area (Å²) in [6.45, 7) is 2.60. The third-order valence-corrected chi connectivity index (χ3v) is 5.28. The standard InChI is InChI=1S/C16H30N2O2/c17-13-16(7-2-1-3-8-16)11-15(20)18-9-4-5-14(12-18)6-10-19/h14,19H,1-13,17H2. The van der Waals surface area contributed by atoms with E-state index in [2.05, 4.69) is 0 Å². The van der Waals surface area contributed by atoms with E-state index in [1.807, 2.05) is 4.90 Å². The Kier molecular flexibility index (Phi) is 5.85. The number of carbonyl (C=O) groups is 1. The molecule has 0 spiro atoms. The third kappa shape index (κ3) is 3.95. The van der Waals surface area contributed by atoms with Gasteiger partial charge < -0.3 is 15.7 Å². The molecular weight excluding hydrogens is 252 g/mol. The minimum Gasteiger partial charge on any atom is -0.396 e. The van der Waals surface area contributed by atoms with Gasteiger partial charge in [0.25, 0.3) is 0 Å². The SMILES string of the molecule is NCC1(CC(=O)N2CCCC(CCO)C2)CCCCC1. The number of amides is 1. The van der Waals surface area contributed by atoms with Crippen molar-refractivity contribution in [3.8, 4) is 0 Å². The first-order chi connectivity index (χ1) is 9.69. The maximum atomic E-state index is 12.6. The van der Waals surface area contributed by atoms with Crippen molar-refractivity contribution in [2.75, 3.05) is 26.2 Å². The van der Waals surface area contributed by atoms with Crippen molar-refractivity contribution >= 4 is 5.91 Å². The first kappa shape index (κ1) is 15.8. The van der Waals surface area contributed by atoms with Crippen LogP contribution >= 0.6 is 0 Å². The van der Waals surface area contributed by atoms with Crippen LogP contribution in [0.4, 0.5) is 0 Å². The smallest absolute Gasteiger partial charge is 0.223 e. The highest BCUT2D eigenvalue weighted by Gasteiger charge is 2.35. The molecule has 2 rings (SSSR count). The molecule has 0 bridgehead atoms. The summed E-state index contributed by atoms with van der Waals surface area (Å²) in [5.41, 5.74) is 6.06. The molecule has 0 aromatic heterocycles. The van der Waals surface area contributed by atoms with Crippen LogP contribution in [0, 0.1) is 11.3 Å². The molecule has 0 aromatic rings. The van der Waals surface area contributed by atoms with E-state index in [0.29, 0.717) is 24.8 Å². The zero-order valence-electron chi connectivity index (χ0n) is 12.6. The first-order valence-electron chi connectivity index (χ1n) is 8.28. The lowest BCUT2D eigenvalue weighted by Gasteiger charge is -2.39. The van der Waals surface area contributed by atoms with E-state index in [0.717, 1.165) is 45.2 Å². The summed E-state index contributed by atoms with van der Waals surface area (Å²) < 4.78 is 0. The monoisotopic (exact) mass is 282 g/mol. The van der Waals surface area contributed by atoms with Gasteiger partial charge in [-0.05, 0) is 50.0 Å². The second kappa shape index (κ2) is 7.41. The van der Waals surface area contributed by atoms with Gasteiger partial charge in [0, 0.05) is 26.1 Å². The van der Waals surface area contributed by atoms with E-state index >= 15 is 0 Å². The van der Waals surface area contributed by atoms with Gasteiger partial charge in [0.1, 0.15) is 0 Å². The lowest BCUT2D eigenvalue weighted by Crippen LogP contribution is -2.44. The van der Waals surface area contributed by atoms with Crippen molar-refractivity contribution in [3.05, 3.63) is 0 Å². The maximum Gasteiger partial charge on any atom is 0.223 e. The number of rotatable bonds is 5. The summed E-state index contributed by atoms with van der Waals surface area (Å²) in [6.07, 6.45) is 9.64. The number of aliphatic hydroxyl groups excluding tert-OH is 1. The van der Waals surface area contributed by atoms with E-state index in [9.17, 15) is 4.79 Å². The van der Waals surface area contributed by atoms with Crippen LogP contribution in [0.25, 0.3) is 0 Å². The molecule has 3 N–H and O–H groups in total. The average Bonchev–Trinajstić information content (AvgIpc) is 2.49. The topological polar surface area (TPSA) is 66.6 Å². The van der Waals surface area contributed by atoms with Crippen LogP contribution in [0.1, 0.15) is 57.8 Å². The molecule has 4 nitrogen and oxygen atoms in total. The van der Waals surface area contributed by atoms with Crippen molar-refractivity contribution in [3.63, 3.8) is 0 Å². The molecule has 0 radical (unpaired) electrons. The normalized spacial score (nSPS) is 26.5. The molecule has 1 saturated heterocycles. The van der Waals surface area contributed by atoms with Crippen LogP contribution < -0.4 is 5.73 Å². The molecule has 1 atom stereocenters. The lowest BCUT2D eigenvalue weighted by atomic mass is 9.71. The van der Waals surface area contributed by atoms with Gasteiger partial charge in [-0.25, -0.2) is 0 Å². The Morgan fingerprint density at radius 2 is 2.00 bits per heavy atom. The fraction of sp³-hybridized carbons (Fsp3) is 0.938. The molecule has 20 heavy (non-hydrogen) atoms. The van der Waals surface area contributed by atoms with Gasteiger partial charge in [-0.1, -0.05) is 19.3 Å². The summed E-state index contributed by atoms with van der Waals surface area (Å²) in [4.78, 5) is 14.6. The number of nitrogens with two attached hydrogens (primary N) is 1. The highest BCUT2D eigenvalue weighted by Crippen LogP contribution is 2.39. The lowest BCUT2D eigenvalue weighted by molar-refractivity contribution is -0.136. The van der Waals surface area contributed by atoms with Crippen molar-refractivity contribution < 1.29 is 9.90 Å². The number of carbonyl (C=O) groups excluding carboxylic acids is 1. The highest BCUT2D eigenvalue weighted by atomic mass is 16.3. The van der Waals surface area contributed by atoms with Gasteiger partial charge in [-0.3, -0.25) is 4.79 Å². The van der Waals surface area contributed by atoms with Crippen molar-refractivity contribution in [2.24, 2.45) is 17.1 Å². The van der Waals surface area contributed by atoms with Crippen LogP contribution in [-0.4, -0.2) is 42.2 Å². The average molecular weight is 282 g/mol. The Balaban J connectivity index is 1.89. The van der Waals surface area contributed by atoms with Crippen LogP contribution in [0.3, 0.4) is 0 Å². The summed E-state index contributed by atoms with van der Waals surface area (Å²) >= 11 is 0. The second-order valence-corrected chi connectivity index (χ2v) is 6.80. The van der Waals surface area contributed by atoms with Crippen molar-refractivity contribution in [2.45, 2.75) is 57.8 Å². The van der Waals surface area contributed by atoms with Crippen LogP contribution in [-0.2, 0) is 4.79 Å². The fourth-order valence-electron chi connectivity index (χ4n) is 3.90. The molecule has 0 aromatic carbocycles. The summed E-state index contributed by atoms with van der Waals surface area (Å²) in [6, 6.07) is 0. The molecule has 4 heteroatoms. The molecule has 116 valence electrons. The van der Waals surface area contributed by atoms with Crippen molar-refractivity contribution in [1.29, 1.82) is 0 Å². The fourth-order valence-corrected chi connectivity index (χ4v) is 3.90. The highest BCUT2D eigenvalue weighted by molar-refractivity contribution is 5.77. The number of piperidine rings is 1. The number of hydrogen-bond donors (Lipinski definition) is 2. The Bertz CT molecular complexity index is 312. The van der Waals surface area contributed by atoms with Gasteiger partial charge in [-0.2, -0.15) is 0 Å². The van der Waals surface area contributed by atoms with Crippen LogP contribution in [0.15, 0.2) is 0 Å². The molecule has 1 aliphatic heterocycles. The van der Waals surface area contributed by atoms with E-state index < -0.39 is 0 Å². The Morgan fingerprint density at radius 1 is 1.25 bits per heavy atom. The molecule has 2 fully saturated rings. The first-order valence-corrected chi connectivity index (χ1v) is 8.28. The minimum absolute atomic E-state index is 0.0687.